The lowest BCUT2D eigenvalue weighted by Crippen LogP contribution is -2.46. The summed E-state index contributed by atoms with van der Waals surface area (Å²) in [6.45, 7) is 6.89. The molecule has 0 heterocycles. The van der Waals surface area contributed by atoms with E-state index in [1.54, 1.807) is 0 Å². The van der Waals surface area contributed by atoms with Crippen LogP contribution in [0.2, 0.25) is 0 Å². The van der Waals surface area contributed by atoms with Crippen LogP contribution in [0, 0.1) is 17.8 Å². The van der Waals surface area contributed by atoms with E-state index < -0.39 is 0 Å². The normalized spacial score (nSPS) is 28.1. The van der Waals surface area contributed by atoms with Crippen LogP contribution >= 0.6 is 0 Å². The number of nitrogens with one attached hydrogen (secondary N) is 1. The fourth-order valence-electron chi connectivity index (χ4n) is 2.32. The first-order valence-corrected chi connectivity index (χ1v) is 6.06. The highest BCUT2D eigenvalue weighted by Gasteiger charge is 2.30. The molecule has 0 bridgehead atoms. The molecule has 3 unspecified atom stereocenters. The van der Waals surface area contributed by atoms with Crippen molar-refractivity contribution in [2.45, 2.75) is 46.1 Å². The maximum atomic E-state index is 12.0. The predicted molar refractivity (Wildman–Crippen MR) is 62.3 cm³/mol. The first kappa shape index (κ1) is 12.5. The summed E-state index contributed by atoms with van der Waals surface area (Å²) in [6.07, 6.45) is 3.42. The molecule has 0 aliphatic heterocycles. The second kappa shape index (κ2) is 5.50. The number of nitrogens with two attached hydrogens (primary N) is 1. The quantitative estimate of drug-likeness (QED) is 0.742. The Bertz CT molecular complexity index is 216. The van der Waals surface area contributed by atoms with Crippen molar-refractivity contribution >= 4 is 5.91 Å². The second-order valence-corrected chi connectivity index (χ2v) is 5.11. The Morgan fingerprint density at radius 3 is 2.53 bits per heavy atom. The Hall–Kier alpha value is -0.570. The third-order valence-corrected chi connectivity index (χ3v) is 3.58. The van der Waals surface area contributed by atoms with E-state index in [-0.39, 0.29) is 17.9 Å². The van der Waals surface area contributed by atoms with Crippen LogP contribution in [0.5, 0.6) is 0 Å². The van der Waals surface area contributed by atoms with Gasteiger partial charge in [0.25, 0.3) is 0 Å². The highest BCUT2D eigenvalue weighted by atomic mass is 16.2. The summed E-state index contributed by atoms with van der Waals surface area (Å²) >= 11 is 0. The van der Waals surface area contributed by atoms with Crippen molar-refractivity contribution in [2.75, 3.05) is 6.54 Å². The average molecular weight is 212 g/mol. The maximum absolute atomic E-state index is 12.0. The van der Waals surface area contributed by atoms with Crippen molar-refractivity contribution in [3.05, 3.63) is 0 Å². The van der Waals surface area contributed by atoms with Gasteiger partial charge in [-0.3, -0.25) is 4.79 Å². The van der Waals surface area contributed by atoms with E-state index in [1.165, 1.54) is 12.8 Å². The molecule has 0 aromatic heterocycles. The molecule has 0 aromatic carbocycles. The van der Waals surface area contributed by atoms with E-state index in [1.807, 2.05) is 0 Å². The predicted octanol–water partition coefficient (Wildman–Crippen LogP) is 1.52. The summed E-state index contributed by atoms with van der Waals surface area (Å²) in [5, 5.41) is 3.07. The molecule has 1 aliphatic carbocycles. The largest absolute Gasteiger partial charge is 0.352 e. The van der Waals surface area contributed by atoms with Crippen LogP contribution in [-0.2, 0) is 4.79 Å². The molecule has 1 fully saturated rings. The molecule has 1 amide bonds. The third kappa shape index (κ3) is 3.20. The summed E-state index contributed by atoms with van der Waals surface area (Å²) in [5.41, 5.74) is 5.64. The van der Waals surface area contributed by atoms with Crippen LogP contribution in [-0.4, -0.2) is 18.5 Å². The minimum absolute atomic E-state index is 0.130. The summed E-state index contributed by atoms with van der Waals surface area (Å²) in [7, 11) is 0. The third-order valence-electron chi connectivity index (χ3n) is 3.58. The monoisotopic (exact) mass is 212 g/mol. The SMILES string of the molecule is CC(C)C(CN)NC(=O)C1CCCC1C. The maximum Gasteiger partial charge on any atom is 0.223 e. The van der Waals surface area contributed by atoms with Gasteiger partial charge in [0.2, 0.25) is 5.91 Å². The Morgan fingerprint density at radius 2 is 2.13 bits per heavy atom. The number of hydrogen-bond donors (Lipinski definition) is 2. The van der Waals surface area contributed by atoms with Crippen LogP contribution < -0.4 is 11.1 Å². The standard InChI is InChI=1S/C12H24N2O/c1-8(2)11(7-13)14-12(15)10-6-4-5-9(10)3/h8-11H,4-7,13H2,1-3H3,(H,14,15). The summed E-state index contributed by atoms with van der Waals surface area (Å²) in [4.78, 5) is 12.0. The van der Waals surface area contributed by atoms with E-state index in [9.17, 15) is 4.79 Å². The molecule has 3 atom stereocenters. The molecule has 1 saturated carbocycles. The van der Waals surface area contributed by atoms with Crippen LogP contribution in [0.4, 0.5) is 0 Å². The fourth-order valence-corrected chi connectivity index (χ4v) is 2.32. The van der Waals surface area contributed by atoms with Gasteiger partial charge in [0.1, 0.15) is 0 Å². The zero-order valence-electron chi connectivity index (χ0n) is 10.1. The Kier molecular flexibility index (Phi) is 4.58. The number of hydrogen-bond acceptors (Lipinski definition) is 2. The zero-order valence-corrected chi connectivity index (χ0v) is 10.1. The molecule has 15 heavy (non-hydrogen) atoms. The number of carbonyl (C=O) groups is 1. The number of rotatable bonds is 4. The fraction of sp³-hybridized carbons (Fsp3) is 0.917. The highest BCUT2D eigenvalue weighted by Crippen LogP contribution is 2.31. The lowest BCUT2D eigenvalue weighted by molar-refractivity contribution is -0.126. The number of carbonyl (C=O) groups excluding carboxylic acids is 1. The van der Waals surface area contributed by atoms with Crippen molar-refractivity contribution in [1.82, 2.24) is 5.32 Å². The molecular formula is C12H24N2O. The highest BCUT2D eigenvalue weighted by molar-refractivity contribution is 5.79. The Labute approximate surface area is 92.8 Å². The Morgan fingerprint density at radius 1 is 1.47 bits per heavy atom. The zero-order chi connectivity index (χ0) is 11.4. The molecule has 1 rings (SSSR count). The molecule has 3 N–H and O–H groups in total. The van der Waals surface area contributed by atoms with Gasteiger partial charge in [0, 0.05) is 18.5 Å². The Balaban J connectivity index is 2.46. The van der Waals surface area contributed by atoms with Crippen molar-refractivity contribution in [2.24, 2.45) is 23.5 Å². The van der Waals surface area contributed by atoms with E-state index in [4.69, 9.17) is 5.73 Å². The molecular weight excluding hydrogens is 188 g/mol. The van der Waals surface area contributed by atoms with Gasteiger partial charge >= 0.3 is 0 Å². The van der Waals surface area contributed by atoms with E-state index >= 15 is 0 Å². The lowest BCUT2D eigenvalue weighted by atomic mass is 9.96. The minimum atomic E-state index is 0.130. The summed E-state index contributed by atoms with van der Waals surface area (Å²) in [5.74, 6) is 1.38. The van der Waals surface area contributed by atoms with Gasteiger partial charge in [-0.2, -0.15) is 0 Å². The molecule has 3 nitrogen and oxygen atoms in total. The first-order valence-electron chi connectivity index (χ1n) is 6.06. The van der Waals surface area contributed by atoms with Crippen molar-refractivity contribution in [3.8, 4) is 0 Å². The second-order valence-electron chi connectivity index (χ2n) is 5.11. The van der Waals surface area contributed by atoms with Crippen molar-refractivity contribution in [3.63, 3.8) is 0 Å². The molecule has 0 saturated heterocycles. The van der Waals surface area contributed by atoms with Crippen LogP contribution in [0.15, 0.2) is 0 Å². The van der Waals surface area contributed by atoms with Gasteiger partial charge in [-0.05, 0) is 24.7 Å². The minimum Gasteiger partial charge on any atom is -0.352 e. The smallest absolute Gasteiger partial charge is 0.223 e. The average Bonchev–Trinajstić information content (AvgIpc) is 2.60. The molecule has 0 radical (unpaired) electrons. The van der Waals surface area contributed by atoms with E-state index in [2.05, 4.69) is 26.1 Å². The van der Waals surface area contributed by atoms with Crippen molar-refractivity contribution in [1.29, 1.82) is 0 Å². The van der Waals surface area contributed by atoms with Gasteiger partial charge < -0.3 is 11.1 Å². The molecule has 3 heteroatoms. The van der Waals surface area contributed by atoms with Crippen LogP contribution in [0.3, 0.4) is 0 Å². The van der Waals surface area contributed by atoms with Crippen molar-refractivity contribution < 1.29 is 4.79 Å². The number of amides is 1. The molecule has 88 valence electrons. The van der Waals surface area contributed by atoms with Crippen LogP contribution in [0.25, 0.3) is 0 Å². The lowest BCUT2D eigenvalue weighted by Gasteiger charge is -2.24. The van der Waals surface area contributed by atoms with Gasteiger partial charge in [-0.25, -0.2) is 0 Å². The molecule has 0 spiro atoms. The first-order chi connectivity index (χ1) is 7.06. The molecule has 0 aromatic rings. The van der Waals surface area contributed by atoms with Gasteiger partial charge in [-0.1, -0.05) is 27.2 Å². The van der Waals surface area contributed by atoms with Gasteiger partial charge in [-0.15, -0.1) is 0 Å². The van der Waals surface area contributed by atoms with E-state index in [0.29, 0.717) is 18.4 Å². The van der Waals surface area contributed by atoms with Crippen LogP contribution in [0.1, 0.15) is 40.0 Å². The molecule has 1 aliphatic rings. The topological polar surface area (TPSA) is 55.1 Å². The summed E-state index contributed by atoms with van der Waals surface area (Å²) in [6, 6.07) is 0.130. The van der Waals surface area contributed by atoms with Gasteiger partial charge in [0.05, 0.1) is 0 Å². The van der Waals surface area contributed by atoms with Gasteiger partial charge in [0.15, 0.2) is 0 Å². The van der Waals surface area contributed by atoms with E-state index in [0.717, 1.165) is 6.42 Å². The summed E-state index contributed by atoms with van der Waals surface area (Å²) < 4.78 is 0.